The van der Waals surface area contributed by atoms with Gasteiger partial charge in [-0.25, -0.2) is 9.78 Å². The molecule has 1 aromatic heterocycles. The van der Waals surface area contributed by atoms with E-state index >= 15 is 0 Å². The van der Waals surface area contributed by atoms with Gasteiger partial charge in [0.15, 0.2) is 6.10 Å². The molecule has 1 heterocycles. The molecule has 0 saturated heterocycles. The largest absolute Gasteiger partial charge is 0.479 e. The van der Waals surface area contributed by atoms with E-state index in [2.05, 4.69) is 4.98 Å². The molecule has 0 spiro atoms. The standard InChI is InChI=1S/C6H8N2O3.ClH/c9-5(6(10)11)3-8-2-1-7-4-8;/h1-2,4-5,9H,3H2,(H,10,11);1H/t5-;/m0./s1. The summed E-state index contributed by atoms with van der Waals surface area (Å²) in [6.07, 6.45) is 3.21. The molecule has 5 nitrogen and oxygen atoms in total. The number of rotatable bonds is 3. The van der Waals surface area contributed by atoms with Gasteiger partial charge in [0.05, 0.1) is 12.9 Å². The Kier molecular flexibility index (Phi) is 4.31. The minimum absolute atomic E-state index is 0. The van der Waals surface area contributed by atoms with Crippen LogP contribution in [0.2, 0.25) is 0 Å². The summed E-state index contributed by atoms with van der Waals surface area (Å²) >= 11 is 0. The van der Waals surface area contributed by atoms with Gasteiger partial charge < -0.3 is 14.8 Å². The lowest BCUT2D eigenvalue weighted by Gasteiger charge is -2.04. The van der Waals surface area contributed by atoms with Crippen LogP contribution in [0.3, 0.4) is 0 Å². The van der Waals surface area contributed by atoms with E-state index in [1.165, 1.54) is 17.1 Å². The number of aliphatic hydroxyl groups is 1. The number of aromatic nitrogens is 2. The fraction of sp³-hybridized carbons (Fsp3) is 0.333. The van der Waals surface area contributed by atoms with E-state index < -0.39 is 12.1 Å². The van der Waals surface area contributed by atoms with Crippen LogP contribution >= 0.6 is 12.4 Å². The lowest BCUT2D eigenvalue weighted by molar-refractivity contribution is -0.147. The lowest BCUT2D eigenvalue weighted by Crippen LogP contribution is -2.24. The topological polar surface area (TPSA) is 75.3 Å². The Morgan fingerprint density at radius 2 is 2.33 bits per heavy atom. The van der Waals surface area contributed by atoms with Crippen molar-refractivity contribution < 1.29 is 15.0 Å². The van der Waals surface area contributed by atoms with Crippen molar-refractivity contribution >= 4 is 18.4 Å². The molecule has 0 unspecified atom stereocenters. The normalized spacial score (nSPS) is 11.8. The number of imidazole rings is 1. The van der Waals surface area contributed by atoms with Gasteiger partial charge in [-0.1, -0.05) is 0 Å². The number of hydrogen-bond donors (Lipinski definition) is 2. The predicted molar refractivity (Wildman–Crippen MR) is 43.1 cm³/mol. The van der Waals surface area contributed by atoms with Crippen molar-refractivity contribution in [3.8, 4) is 0 Å². The average molecular weight is 193 g/mol. The molecule has 0 radical (unpaired) electrons. The van der Waals surface area contributed by atoms with Crippen molar-refractivity contribution in [3.63, 3.8) is 0 Å². The molecule has 0 aliphatic carbocycles. The summed E-state index contributed by atoms with van der Waals surface area (Å²) in [6, 6.07) is 0. The van der Waals surface area contributed by atoms with Gasteiger partial charge in [0.25, 0.3) is 0 Å². The molecule has 1 rings (SSSR count). The smallest absolute Gasteiger partial charge is 0.334 e. The van der Waals surface area contributed by atoms with Gasteiger partial charge >= 0.3 is 5.97 Å². The van der Waals surface area contributed by atoms with Gasteiger partial charge in [-0.05, 0) is 0 Å². The summed E-state index contributed by atoms with van der Waals surface area (Å²) in [6.45, 7) is 0.0370. The molecular formula is C6H9ClN2O3. The third-order valence-electron chi connectivity index (χ3n) is 1.23. The molecular weight excluding hydrogens is 184 g/mol. The molecule has 0 aromatic carbocycles. The van der Waals surface area contributed by atoms with Gasteiger partial charge in [0.1, 0.15) is 0 Å². The zero-order valence-electron chi connectivity index (χ0n) is 6.12. The second-order valence-electron chi connectivity index (χ2n) is 2.11. The second kappa shape index (κ2) is 4.74. The monoisotopic (exact) mass is 192 g/mol. The SMILES string of the molecule is Cl.O=C(O)[C@@H](O)Cn1ccnc1. The molecule has 0 aliphatic rings. The predicted octanol–water partition coefficient (Wildman–Crippen LogP) is -0.250. The highest BCUT2D eigenvalue weighted by atomic mass is 35.5. The number of halogens is 1. The maximum absolute atomic E-state index is 10.1. The lowest BCUT2D eigenvalue weighted by atomic mass is 10.3. The van der Waals surface area contributed by atoms with Crippen LogP contribution in [0.15, 0.2) is 18.7 Å². The van der Waals surface area contributed by atoms with Crippen LogP contribution in [0.25, 0.3) is 0 Å². The van der Waals surface area contributed by atoms with Crippen molar-refractivity contribution in [1.82, 2.24) is 9.55 Å². The Morgan fingerprint density at radius 1 is 1.67 bits per heavy atom. The fourth-order valence-corrected chi connectivity index (χ4v) is 0.673. The highest BCUT2D eigenvalue weighted by Crippen LogP contribution is 1.91. The van der Waals surface area contributed by atoms with Crippen LogP contribution in [0, 0.1) is 0 Å². The molecule has 1 aromatic rings. The van der Waals surface area contributed by atoms with Crippen molar-refractivity contribution in [2.24, 2.45) is 0 Å². The van der Waals surface area contributed by atoms with Crippen LogP contribution in [0.4, 0.5) is 0 Å². The zero-order chi connectivity index (χ0) is 8.27. The number of nitrogens with zero attached hydrogens (tertiary/aromatic N) is 2. The van der Waals surface area contributed by atoms with Crippen molar-refractivity contribution in [1.29, 1.82) is 0 Å². The third kappa shape index (κ3) is 2.89. The number of carboxylic acids is 1. The van der Waals surface area contributed by atoms with E-state index in [1.54, 1.807) is 6.20 Å². The Morgan fingerprint density at radius 3 is 2.75 bits per heavy atom. The van der Waals surface area contributed by atoms with Crippen LogP contribution in [0.1, 0.15) is 0 Å². The van der Waals surface area contributed by atoms with E-state index in [1.807, 2.05) is 0 Å². The number of hydrogen-bond acceptors (Lipinski definition) is 3. The van der Waals surface area contributed by atoms with Crippen molar-refractivity contribution in [3.05, 3.63) is 18.7 Å². The number of carboxylic acid groups (broad SMARTS) is 1. The van der Waals surface area contributed by atoms with Crippen LogP contribution in [-0.4, -0.2) is 31.8 Å². The van der Waals surface area contributed by atoms with E-state index in [9.17, 15) is 4.79 Å². The maximum atomic E-state index is 10.1. The number of aliphatic carboxylic acids is 1. The van der Waals surface area contributed by atoms with Gasteiger partial charge in [0.2, 0.25) is 0 Å². The Hall–Kier alpha value is -1.07. The minimum Gasteiger partial charge on any atom is -0.479 e. The first-order valence-electron chi connectivity index (χ1n) is 3.07. The fourth-order valence-electron chi connectivity index (χ4n) is 0.673. The van der Waals surface area contributed by atoms with E-state index in [4.69, 9.17) is 10.2 Å². The average Bonchev–Trinajstić information content (AvgIpc) is 2.39. The van der Waals surface area contributed by atoms with Crippen LogP contribution in [0.5, 0.6) is 0 Å². The summed E-state index contributed by atoms with van der Waals surface area (Å²) < 4.78 is 1.50. The first-order valence-corrected chi connectivity index (χ1v) is 3.07. The summed E-state index contributed by atoms with van der Waals surface area (Å²) in [7, 11) is 0. The first kappa shape index (κ1) is 10.9. The number of carbonyl (C=O) groups is 1. The van der Waals surface area contributed by atoms with Gasteiger partial charge in [-0.15, -0.1) is 12.4 Å². The Balaban J connectivity index is 0.00000121. The van der Waals surface area contributed by atoms with Crippen LogP contribution < -0.4 is 0 Å². The molecule has 0 amide bonds. The van der Waals surface area contributed by atoms with Crippen molar-refractivity contribution in [2.45, 2.75) is 12.6 Å². The highest BCUT2D eigenvalue weighted by molar-refractivity contribution is 5.85. The van der Waals surface area contributed by atoms with Crippen molar-refractivity contribution in [2.75, 3.05) is 0 Å². The molecule has 68 valence electrons. The molecule has 12 heavy (non-hydrogen) atoms. The Labute approximate surface area is 75.1 Å². The molecule has 0 aliphatic heterocycles. The number of aliphatic hydroxyl groups excluding tert-OH is 1. The molecule has 0 fully saturated rings. The van der Waals surface area contributed by atoms with Gasteiger partial charge in [-0.2, -0.15) is 0 Å². The molecule has 2 N–H and O–H groups in total. The molecule has 6 heteroatoms. The molecule has 1 atom stereocenters. The Bertz CT molecular complexity index is 237. The summed E-state index contributed by atoms with van der Waals surface area (Å²) in [4.78, 5) is 13.8. The zero-order valence-corrected chi connectivity index (χ0v) is 6.94. The first-order chi connectivity index (χ1) is 5.20. The minimum atomic E-state index is -1.36. The molecule has 0 saturated carbocycles. The highest BCUT2D eigenvalue weighted by Gasteiger charge is 2.12. The van der Waals surface area contributed by atoms with E-state index in [0.29, 0.717) is 0 Å². The summed E-state index contributed by atoms with van der Waals surface area (Å²) in [5.41, 5.74) is 0. The van der Waals surface area contributed by atoms with Gasteiger partial charge in [0, 0.05) is 12.4 Å². The summed E-state index contributed by atoms with van der Waals surface area (Å²) in [5.74, 6) is -1.22. The molecule has 0 bridgehead atoms. The summed E-state index contributed by atoms with van der Waals surface area (Å²) in [5, 5.41) is 17.1. The second-order valence-corrected chi connectivity index (χ2v) is 2.11. The third-order valence-corrected chi connectivity index (χ3v) is 1.23. The quantitative estimate of drug-likeness (QED) is 0.693. The maximum Gasteiger partial charge on any atom is 0.334 e. The van der Waals surface area contributed by atoms with Gasteiger partial charge in [-0.3, -0.25) is 0 Å². The van der Waals surface area contributed by atoms with Crippen LogP contribution in [-0.2, 0) is 11.3 Å². The van der Waals surface area contributed by atoms with E-state index in [-0.39, 0.29) is 19.0 Å². The van der Waals surface area contributed by atoms with E-state index in [0.717, 1.165) is 0 Å².